The number of fused-ring (bicyclic) bond motifs is 1. The van der Waals surface area contributed by atoms with Gasteiger partial charge in [-0.05, 0) is 69.5 Å². The molecule has 0 aliphatic carbocycles. The largest absolute Gasteiger partial charge is 0.497 e. The van der Waals surface area contributed by atoms with Gasteiger partial charge in [0.1, 0.15) is 5.75 Å². The van der Waals surface area contributed by atoms with Gasteiger partial charge in [-0.15, -0.1) is 12.4 Å². The summed E-state index contributed by atoms with van der Waals surface area (Å²) in [4.78, 5) is 14.8. The van der Waals surface area contributed by atoms with E-state index >= 15 is 0 Å². The summed E-state index contributed by atoms with van der Waals surface area (Å²) in [6.45, 7) is 3.25. The summed E-state index contributed by atoms with van der Waals surface area (Å²) in [5.41, 5.74) is 1.08. The second-order valence-electron chi connectivity index (χ2n) is 6.15. The molecular formula is C17H25ClN2O2. The average molecular weight is 325 g/mol. The summed E-state index contributed by atoms with van der Waals surface area (Å²) >= 11 is 0. The monoisotopic (exact) mass is 324 g/mol. The molecular weight excluding hydrogens is 300 g/mol. The van der Waals surface area contributed by atoms with Crippen LogP contribution < -0.4 is 10.1 Å². The number of rotatable bonds is 5. The van der Waals surface area contributed by atoms with E-state index < -0.39 is 0 Å². The molecule has 1 amide bonds. The van der Waals surface area contributed by atoms with E-state index in [9.17, 15) is 4.79 Å². The Kier molecular flexibility index (Phi) is 5.70. The maximum absolute atomic E-state index is 12.1. The summed E-state index contributed by atoms with van der Waals surface area (Å²) in [5, 5.41) is 3.06. The molecule has 1 N–H and O–H groups in total. The Morgan fingerprint density at radius 3 is 2.45 bits per heavy atom. The van der Waals surface area contributed by atoms with E-state index in [1.165, 1.54) is 38.8 Å². The molecule has 0 saturated carbocycles. The predicted molar refractivity (Wildman–Crippen MR) is 90.0 cm³/mol. The zero-order valence-corrected chi connectivity index (χ0v) is 14.0. The van der Waals surface area contributed by atoms with Gasteiger partial charge >= 0.3 is 0 Å². The number of carbonyl (C=O) groups is 1. The van der Waals surface area contributed by atoms with Crippen molar-refractivity contribution in [2.24, 2.45) is 0 Å². The molecule has 1 aromatic rings. The molecule has 3 rings (SSSR count). The van der Waals surface area contributed by atoms with Crippen molar-refractivity contribution >= 4 is 18.3 Å². The van der Waals surface area contributed by atoms with Gasteiger partial charge < -0.3 is 10.1 Å². The molecule has 122 valence electrons. The van der Waals surface area contributed by atoms with E-state index in [2.05, 4.69) is 10.2 Å². The standard InChI is InChI=1S/C17H24N2O2.ClH/c1-21-15-6-4-14(5-7-15)16(20)18-11-10-17-8-2-12-19(17)13-3-9-17;/h4-7H,2-3,8-13H2,1H3,(H,18,20);1H. The minimum absolute atomic E-state index is 0. The van der Waals surface area contributed by atoms with Gasteiger partial charge in [0, 0.05) is 17.6 Å². The highest BCUT2D eigenvalue weighted by atomic mass is 35.5. The van der Waals surface area contributed by atoms with Crippen LogP contribution in [0.3, 0.4) is 0 Å². The number of nitrogens with zero attached hydrogens (tertiary/aromatic N) is 1. The lowest BCUT2D eigenvalue weighted by Gasteiger charge is -2.32. The highest BCUT2D eigenvalue weighted by Crippen LogP contribution is 2.40. The number of hydrogen-bond donors (Lipinski definition) is 1. The zero-order chi connectivity index (χ0) is 14.7. The maximum atomic E-state index is 12.1. The lowest BCUT2D eigenvalue weighted by atomic mass is 9.90. The van der Waals surface area contributed by atoms with Crippen molar-refractivity contribution in [3.63, 3.8) is 0 Å². The van der Waals surface area contributed by atoms with Crippen LogP contribution in [0.4, 0.5) is 0 Å². The second kappa shape index (κ2) is 7.34. The van der Waals surface area contributed by atoms with Crippen LogP contribution in [0.25, 0.3) is 0 Å². The van der Waals surface area contributed by atoms with E-state index in [0.29, 0.717) is 11.1 Å². The third-order valence-electron chi connectivity index (χ3n) is 5.04. The van der Waals surface area contributed by atoms with Crippen molar-refractivity contribution in [2.45, 2.75) is 37.6 Å². The zero-order valence-electron chi connectivity index (χ0n) is 13.1. The van der Waals surface area contributed by atoms with E-state index in [0.717, 1.165) is 18.7 Å². The van der Waals surface area contributed by atoms with Crippen LogP contribution in [0, 0.1) is 0 Å². The molecule has 2 aliphatic rings. The highest BCUT2D eigenvalue weighted by Gasteiger charge is 2.43. The molecule has 2 aliphatic heterocycles. The Labute approximate surface area is 138 Å². The third-order valence-corrected chi connectivity index (χ3v) is 5.04. The van der Waals surface area contributed by atoms with Crippen LogP contribution in [0.5, 0.6) is 5.75 Å². The number of benzene rings is 1. The Morgan fingerprint density at radius 2 is 1.86 bits per heavy atom. The molecule has 22 heavy (non-hydrogen) atoms. The van der Waals surface area contributed by atoms with Crippen molar-refractivity contribution in [3.8, 4) is 5.75 Å². The Balaban J connectivity index is 0.00000176. The second-order valence-corrected chi connectivity index (χ2v) is 6.15. The summed E-state index contributed by atoms with van der Waals surface area (Å²) < 4.78 is 5.11. The maximum Gasteiger partial charge on any atom is 0.251 e. The fourth-order valence-corrected chi connectivity index (χ4v) is 3.89. The fraction of sp³-hybridized carbons (Fsp3) is 0.588. The number of nitrogens with one attached hydrogen (secondary N) is 1. The minimum Gasteiger partial charge on any atom is -0.497 e. The normalized spacial score (nSPS) is 19.3. The predicted octanol–water partition coefficient (Wildman–Crippen LogP) is 2.87. The molecule has 2 fully saturated rings. The summed E-state index contributed by atoms with van der Waals surface area (Å²) in [5.74, 6) is 0.787. The van der Waals surface area contributed by atoms with Crippen molar-refractivity contribution in [3.05, 3.63) is 29.8 Å². The van der Waals surface area contributed by atoms with Gasteiger partial charge in [-0.3, -0.25) is 9.69 Å². The minimum atomic E-state index is 0. The first kappa shape index (κ1) is 17.1. The Hall–Kier alpha value is -1.26. The summed E-state index contributed by atoms with van der Waals surface area (Å²) in [7, 11) is 1.63. The fourth-order valence-electron chi connectivity index (χ4n) is 3.89. The van der Waals surface area contributed by atoms with Crippen molar-refractivity contribution < 1.29 is 9.53 Å². The molecule has 0 atom stereocenters. The van der Waals surface area contributed by atoms with Crippen LogP contribution in [0.1, 0.15) is 42.5 Å². The number of amides is 1. The Morgan fingerprint density at radius 1 is 1.23 bits per heavy atom. The number of carbonyl (C=O) groups excluding carboxylic acids is 1. The van der Waals surface area contributed by atoms with E-state index in [-0.39, 0.29) is 18.3 Å². The van der Waals surface area contributed by atoms with Crippen LogP contribution in [0.2, 0.25) is 0 Å². The third kappa shape index (κ3) is 3.39. The summed E-state index contributed by atoms with van der Waals surface area (Å²) in [6.07, 6.45) is 6.30. The SMILES string of the molecule is COc1ccc(C(=O)NCCC23CCCN2CCC3)cc1.Cl. The molecule has 0 spiro atoms. The molecule has 0 unspecified atom stereocenters. The topological polar surface area (TPSA) is 41.6 Å². The number of ether oxygens (including phenoxy) is 1. The van der Waals surface area contributed by atoms with Crippen LogP contribution in [-0.2, 0) is 0 Å². The number of methoxy groups -OCH3 is 1. The van der Waals surface area contributed by atoms with Crippen LogP contribution in [0.15, 0.2) is 24.3 Å². The number of halogens is 1. The smallest absolute Gasteiger partial charge is 0.251 e. The molecule has 5 heteroatoms. The summed E-state index contributed by atoms with van der Waals surface area (Å²) in [6, 6.07) is 7.26. The quantitative estimate of drug-likeness (QED) is 0.905. The van der Waals surface area contributed by atoms with Crippen LogP contribution in [-0.4, -0.2) is 43.1 Å². The highest BCUT2D eigenvalue weighted by molar-refractivity contribution is 5.94. The number of hydrogen-bond acceptors (Lipinski definition) is 3. The first-order valence-electron chi connectivity index (χ1n) is 7.91. The van der Waals surface area contributed by atoms with Crippen molar-refractivity contribution in [2.75, 3.05) is 26.7 Å². The first-order valence-corrected chi connectivity index (χ1v) is 7.91. The molecule has 2 heterocycles. The van der Waals surface area contributed by atoms with Crippen molar-refractivity contribution in [1.29, 1.82) is 0 Å². The molecule has 0 aromatic heterocycles. The Bertz CT molecular complexity index is 494. The van der Waals surface area contributed by atoms with Crippen LogP contribution >= 0.6 is 12.4 Å². The van der Waals surface area contributed by atoms with Gasteiger partial charge in [-0.1, -0.05) is 0 Å². The first-order chi connectivity index (χ1) is 10.2. The van der Waals surface area contributed by atoms with E-state index in [1.54, 1.807) is 7.11 Å². The lowest BCUT2D eigenvalue weighted by Crippen LogP contribution is -2.41. The van der Waals surface area contributed by atoms with Gasteiger partial charge in [0.15, 0.2) is 0 Å². The van der Waals surface area contributed by atoms with Gasteiger partial charge in [-0.2, -0.15) is 0 Å². The molecule has 2 saturated heterocycles. The van der Waals surface area contributed by atoms with Gasteiger partial charge in [0.2, 0.25) is 0 Å². The van der Waals surface area contributed by atoms with E-state index in [4.69, 9.17) is 4.74 Å². The van der Waals surface area contributed by atoms with Crippen molar-refractivity contribution in [1.82, 2.24) is 10.2 Å². The molecule has 1 aromatic carbocycles. The van der Waals surface area contributed by atoms with Gasteiger partial charge in [-0.25, -0.2) is 0 Å². The van der Waals surface area contributed by atoms with E-state index in [1.807, 2.05) is 24.3 Å². The molecule has 4 nitrogen and oxygen atoms in total. The van der Waals surface area contributed by atoms with Gasteiger partial charge in [0.25, 0.3) is 5.91 Å². The van der Waals surface area contributed by atoms with Gasteiger partial charge in [0.05, 0.1) is 7.11 Å². The lowest BCUT2D eigenvalue weighted by molar-refractivity contribution is 0.0943. The molecule has 0 radical (unpaired) electrons. The molecule has 0 bridgehead atoms. The average Bonchev–Trinajstić information content (AvgIpc) is 3.07.